The first-order chi connectivity index (χ1) is 8.25. The summed E-state index contributed by atoms with van der Waals surface area (Å²) in [4.78, 5) is 0. The molecule has 0 spiro atoms. The predicted molar refractivity (Wildman–Crippen MR) is 72.0 cm³/mol. The molecule has 2 bridgehead atoms. The summed E-state index contributed by atoms with van der Waals surface area (Å²) in [5.41, 5.74) is 0. The van der Waals surface area contributed by atoms with Crippen molar-refractivity contribution < 1.29 is 4.74 Å². The van der Waals surface area contributed by atoms with Crippen molar-refractivity contribution >= 4 is 0 Å². The van der Waals surface area contributed by atoms with Crippen molar-refractivity contribution in [2.45, 2.75) is 33.1 Å². The van der Waals surface area contributed by atoms with E-state index in [0.29, 0.717) is 5.92 Å². The van der Waals surface area contributed by atoms with Crippen LogP contribution in [0.25, 0.3) is 0 Å². The Balaban J connectivity index is 1.43. The van der Waals surface area contributed by atoms with Crippen LogP contribution in [-0.2, 0) is 4.74 Å². The van der Waals surface area contributed by atoms with Crippen LogP contribution in [0.15, 0.2) is 12.2 Å². The summed E-state index contributed by atoms with van der Waals surface area (Å²) in [6.07, 6.45) is 8.83. The minimum Gasteiger partial charge on any atom is -0.381 e. The lowest BCUT2D eigenvalue weighted by molar-refractivity contribution is 0.107. The highest BCUT2D eigenvalue weighted by atomic mass is 16.5. The zero-order valence-corrected chi connectivity index (χ0v) is 11.3. The largest absolute Gasteiger partial charge is 0.381 e. The highest BCUT2D eigenvalue weighted by molar-refractivity contribution is 5.10. The van der Waals surface area contributed by atoms with E-state index in [0.717, 1.165) is 43.9 Å². The molecule has 0 aliphatic heterocycles. The average molecular weight is 237 g/mol. The van der Waals surface area contributed by atoms with Crippen molar-refractivity contribution in [3.63, 3.8) is 0 Å². The summed E-state index contributed by atoms with van der Waals surface area (Å²) in [6.45, 7) is 8.51. The molecule has 2 nitrogen and oxygen atoms in total. The molecule has 0 aromatic heterocycles. The number of rotatable bonds is 8. The molecule has 3 atom stereocenters. The molecule has 0 aromatic rings. The van der Waals surface area contributed by atoms with Crippen molar-refractivity contribution in [3.05, 3.63) is 12.2 Å². The zero-order valence-electron chi connectivity index (χ0n) is 11.3. The van der Waals surface area contributed by atoms with Crippen LogP contribution in [0.1, 0.15) is 33.1 Å². The highest BCUT2D eigenvalue weighted by Gasteiger charge is 2.34. The van der Waals surface area contributed by atoms with Gasteiger partial charge in [0.15, 0.2) is 0 Å². The number of hydrogen-bond acceptors (Lipinski definition) is 2. The van der Waals surface area contributed by atoms with Gasteiger partial charge in [-0.15, -0.1) is 0 Å². The average Bonchev–Trinajstić information content (AvgIpc) is 2.89. The Bertz CT molecular complexity index is 249. The molecule has 0 amide bonds. The van der Waals surface area contributed by atoms with E-state index in [2.05, 4.69) is 31.3 Å². The van der Waals surface area contributed by atoms with E-state index in [1.165, 1.54) is 19.4 Å². The van der Waals surface area contributed by atoms with Crippen LogP contribution < -0.4 is 5.32 Å². The molecule has 0 aromatic carbocycles. The van der Waals surface area contributed by atoms with Gasteiger partial charge in [-0.2, -0.15) is 0 Å². The van der Waals surface area contributed by atoms with Crippen LogP contribution in [0.2, 0.25) is 0 Å². The van der Waals surface area contributed by atoms with Crippen LogP contribution in [0, 0.1) is 23.7 Å². The molecule has 1 fully saturated rings. The Morgan fingerprint density at radius 3 is 2.82 bits per heavy atom. The van der Waals surface area contributed by atoms with Gasteiger partial charge in [0, 0.05) is 13.2 Å². The molecule has 0 saturated heterocycles. The highest BCUT2D eigenvalue weighted by Crippen LogP contribution is 2.42. The fourth-order valence-electron chi connectivity index (χ4n) is 3.04. The molecule has 2 aliphatic carbocycles. The Labute approximate surface area is 106 Å². The van der Waals surface area contributed by atoms with Crippen molar-refractivity contribution in [2.75, 3.05) is 26.3 Å². The van der Waals surface area contributed by atoms with E-state index < -0.39 is 0 Å². The van der Waals surface area contributed by atoms with Crippen molar-refractivity contribution in [1.29, 1.82) is 0 Å². The SMILES string of the molecule is CC(C)COCCCNCC1CC2C=CC1C2. The first-order valence-corrected chi connectivity index (χ1v) is 7.22. The maximum absolute atomic E-state index is 5.57. The van der Waals surface area contributed by atoms with Gasteiger partial charge in [0.1, 0.15) is 0 Å². The Morgan fingerprint density at radius 1 is 1.29 bits per heavy atom. The van der Waals surface area contributed by atoms with Gasteiger partial charge in [-0.25, -0.2) is 0 Å². The fourth-order valence-corrected chi connectivity index (χ4v) is 3.04. The first kappa shape index (κ1) is 13.1. The molecule has 17 heavy (non-hydrogen) atoms. The minimum atomic E-state index is 0.656. The van der Waals surface area contributed by atoms with E-state index in [1.54, 1.807) is 0 Å². The third kappa shape index (κ3) is 4.11. The van der Waals surface area contributed by atoms with E-state index >= 15 is 0 Å². The van der Waals surface area contributed by atoms with E-state index in [4.69, 9.17) is 4.74 Å². The molecule has 2 heteroatoms. The van der Waals surface area contributed by atoms with Crippen LogP contribution in [0.3, 0.4) is 0 Å². The van der Waals surface area contributed by atoms with Crippen LogP contribution in [0.5, 0.6) is 0 Å². The maximum atomic E-state index is 5.57. The molecule has 0 heterocycles. The normalized spacial score (nSPS) is 30.6. The molecular formula is C15H27NO. The molecule has 3 unspecified atom stereocenters. The second kappa shape index (κ2) is 6.55. The van der Waals surface area contributed by atoms with Gasteiger partial charge in [0.2, 0.25) is 0 Å². The van der Waals surface area contributed by atoms with Gasteiger partial charge in [-0.3, -0.25) is 0 Å². The molecule has 2 aliphatic rings. The molecule has 98 valence electrons. The van der Waals surface area contributed by atoms with E-state index in [9.17, 15) is 0 Å². The van der Waals surface area contributed by atoms with E-state index in [1.807, 2.05) is 0 Å². The molecule has 2 rings (SSSR count). The second-order valence-electron chi connectivity index (χ2n) is 6.07. The zero-order chi connectivity index (χ0) is 12.1. The number of ether oxygens (including phenoxy) is 1. The topological polar surface area (TPSA) is 21.3 Å². The van der Waals surface area contributed by atoms with Crippen LogP contribution in [-0.4, -0.2) is 26.3 Å². The summed E-state index contributed by atoms with van der Waals surface area (Å²) >= 11 is 0. The van der Waals surface area contributed by atoms with Crippen LogP contribution >= 0.6 is 0 Å². The number of allylic oxidation sites excluding steroid dienone is 2. The third-order valence-corrected chi connectivity index (χ3v) is 3.92. The summed E-state index contributed by atoms with van der Waals surface area (Å²) in [5.74, 6) is 3.34. The molecular weight excluding hydrogens is 210 g/mol. The minimum absolute atomic E-state index is 0.656. The lowest BCUT2D eigenvalue weighted by Crippen LogP contribution is -2.26. The quantitative estimate of drug-likeness (QED) is 0.518. The number of fused-ring (bicyclic) bond motifs is 2. The van der Waals surface area contributed by atoms with Gasteiger partial charge in [0.25, 0.3) is 0 Å². The summed E-state index contributed by atoms with van der Waals surface area (Å²) in [5, 5.41) is 3.59. The van der Waals surface area contributed by atoms with Gasteiger partial charge in [-0.05, 0) is 56.0 Å². The van der Waals surface area contributed by atoms with Crippen molar-refractivity contribution in [1.82, 2.24) is 5.32 Å². The van der Waals surface area contributed by atoms with Gasteiger partial charge >= 0.3 is 0 Å². The third-order valence-electron chi connectivity index (χ3n) is 3.92. The molecule has 1 N–H and O–H groups in total. The monoisotopic (exact) mass is 237 g/mol. The lowest BCUT2D eigenvalue weighted by atomic mass is 9.94. The number of hydrogen-bond donors (Lipinski definition) is 1. The summed E-state index contributed by atoms with van der Waals surface area (Å²) < 4.78 is 5.57. The van der Waals surface area contributed by atoms with Crippen molar-refractivity contribution in [3.8, 4) is 0 Å². The Kier molecular flexibility index (Phi) is 5.05. The predicted octanol–water partition coefficient (Wildman–Crippen LogP) is 2.85. The van der Waals surface area contributed by atoms with Crippen molar-refractivity contribution in [2.24, 2.45) is 23.7 Å². The molecule has 1 saturated carbocycles. The lowest BCUT2D eigenvalue weighted by Gasteiger charge is -2.18. The van der Waals surface area contributed by atoms with E-state index in [-0.39, 0.29) is 0 Å². The Hall–Kier alpha value is -0.340. The molecule has 0 radical (unpaired) electrons. The summed E-state index contributed by atoms with van der Waals surface area (Å²) in [6, 6.07) is 0. The van der Waals surface area contributed by atoms with Gasteiger partial charge < -0.3 is 10.1 Å². The first-order valence-electron chi connectivity index (χ1n) is 7.22. The second-order valence-corrected chi connectivity index (χ2v) is 6.07. The smallest absolute Gasteiger partial charge is 0.0489 e. The summed E-state index contributed by atoms with van der Waals surface area (Å²) in [7, 11) is 0. The Morgan fingerprint density at radius 2 is 2.18 bits per heavy atom. The fraction of sp³-hybridized carbons (Fsp3) is 0.867. The number of nitrogens with one attached hydrogen (secondary N) is 1. The maximum Gasteiger partial charge on any atom is 0.0489 e. The van der Waals surface area contributed by atoms with Gasteiger partial charge in [-0.1, -0.05) is 26.0 Å². The van der Waals surface area contributed by atoms with Crippen LogP contribution in [0.4, 0.5) is 0 Å². The van der Waals surface area contributed by atoms with Gasteiger partial charge in [0.05, 0.1) is 0 Å². The standard InChI is InChI=1S/C15H27NO/c1-12(2)11-17-7-3-6-16-10-15-9-13-4-5-14(15)8-13/h4-5,12-16H,3,6-11H2,1-2H3.